The van der Waals surface area contributed by atoms with Crippen LogP contribution in [0.2, 0.25) is 0 Å². The maximum Gasteiger partial charge on any atom is 0.418 e. The molecule has 8 nitrogen and oxygen atoms in total. The molecular weight excluding hydrogens is 495 g/mol. The molecule has 1 aromatic carbocycles. The van der Waals surface area contributed by atoms with Gasteiger partial charge in [0.2, 0.25) is 5.91 Å². The maximum atomic E-state index is 14.3. The van der Waals surface area contributed by atoms with Crippen LogP contribution in [0.5, 0.6) is 0 Å². The Balaban J connectivity index is 1.68. The fourth-order valence-electron chi connectivity index (χ4n) is 4.65. The number of hydrogen-bond acceptors (Lipinski definition) is 7. The van der Waals surface area contributed by atoms with Gasteiger partial charge in [-0.1, -0.05) is 0 Å². The lowest BCUT2D eigenvalue weighted by Gasteiger charge is -2.32. The van der Waals surface area contributed by atoms with Crippen LogP contribution in [0.25, 0.3) is 22.3 Å². The molecule has 0 radical (unpaired) electrons. The first-order valence-corrected chi connectivity index (χ1v) is 12.2. The van der Waals surface area contributed by atoms with Crippen molar-refractivity contribution in [3.05, 3.63) is 65.9 Å². The minimum atomic E-state index is -4.61. The average Bonchev–Trinajstić information content (AvgIpc) is 2.90. The Bertz CT molecular complexity index is 1500. The number of benzene rings is 1. The number of carbonyl (C=O) groups is 1. The molecule has 0 saturated carbocycles. The van der Waals surface area contributed by atoms with Crippen molar-refractivity contribution in [1.29, 1.82) is 0 Å². The summed E-state index contributed by atoms with van der Waals surface area (Å²) in [4.78, 5) is 33.7. The van der Waals surface area contributed by atoms with Crippen LogP contribution in [0.4, 0.5) is 30.2 Å². The van der Waals surface area contributed by atoms with Gasteiger partial charge in [0.05, 0.1) is 22.5 Å². The second kappa shape index (κ2) is 9.97. The van der Waals surface area contributed by atoms with Gasteiger partial charge in [0.1, 0.15) is 11.3 Å². The van der Waals surface area contributed by atoms with Crippen molar-refractivity contribution in [2.75, 3.05) is 36.0 Å². The molecule has 1 saturated heterocycles. The molecule has 1 aliphatic rings. The molecular formula is C27H26F3N7O. The van der Waals surface area contributed by atoms with Crippen molar-refractivity contribution in [2.45, 2.75) is 26.9 Å². The Kier molecular flexibility index (Phi) is 6.70. The number of piperazine rings is 1. The number of aromatic nitrogens is 4. The van der Waals surface area contributed by atoms with E-state index in [0.29, 0.717) is 65.5 Å². The Hall–Kier alpha value is -4.12. The van der Waals surface area contributed by atoms with Crippen LogP contribution in [-0.2, 0) is 11.0 Å². The van der Waals surface area contributed by atoms with E-state index in [1.54, 1.807) is 55.5 Å². The summed E-state index contributed by atoms with van der Waals surface area (Å²) >= 11 is 0. The third-order valence-electron chi connectivity index (χ3n) is 6.49. The van der Waals surface area contributed by atoms with Gasteiger partial charge in [-0.05, 0) is 49.7 Å². The van der Waals surface area contributed by atoms with Gasteiger partial charge in [-0.3, -0.25) is 14.7 Å². The first-order valence-electron chi connectivity index (χ1n) is 12.2. The number of rotatable bonds is 4. The minimum absolute atomic E-state index is 0.0994. The molecule has 1 fully saturated rings. The SMILES string of the molecule is CC(=O)N(c1ccc(N2CCNCC2)c(C(F)(F)F)c1)c1c(C)cnc2ccc(-c3cnc(C)nc3)nc12. The van der Waals surface area contributed by atoms with E-state index < -0.39 is 17.6 Å². The third-order valence-corrected chi connectivity index (χ3v) is 6.49. The summed E-state index contributed by atoms with van der Waals surface area (Å²) in [5, 5.41) is 3.15. The lowest BCUT2D eigenvalue weighted by atomic mass is 10.1. The largest absolute Gasteiger partial charge is 0.418 e. The molecule has 1 amide bonds. The summed E-state index contributed by atoms with van der Waals surface area (Å²) in [5.74, 6) is 0.162. The predicted molar refractivity (Wildman–Crippen MR) is 139 cm³/mol. The van der Waals surface area contributed by atoms with Gasteiger partial charge in [-0.15, -0.1) is 0 Å². The van der Waals surface area contributed by atoms with E-state index in [4.69, 9.17) is 4.98 Å². The number of anilines is 3. The second-order valence-electron chi connectivity index (χ2n) is 9.16. The zero-order valence-electron chi connectivity index (χ0n) is 21.2. The molecule has 4 aromatic rings. The number of pyridine rings is 2. The fraction of sp³-hybridized carbons (Fsp3) is 0.296. The monoisotopic (exact) mass is 521 g/mol. The predicted octanol–water partition coefficient (Wildman–Crippen LogP) is 4.82. The van der Waals surface area contributed by atoms with Crippen LogP contribution >= 0.6 is 0 Å². The lowest BCUT2D eigenvalue weighted by molar-refractivity contribution is -0.137. The number of amides is 1. The molecule has 38 heavy (non-hydrogen) atoms. The zero-order chi connectivity index (χ0) is 27.0. The molecule has 0 aliphatic carbocycles. The summed E-state index contributed by atoms with van der Waals surface area (Å²) in [6, 6.07) is 7.57. The highest BCUT2D eigenvalue weighted by Crippen LogP contribution is 2.42. The Morgan fingerprint density at radius 2 is 1.71 bits per heavy atom. The van der Waals surface area contributed by atoms with Crippen molar-refractivity contribution < 1.29 is 18.0 Å². The molecule has 11 heteroatoms. The van der Waals surface area contributed by atoms with Gasteiger partial charge in [0, 0.05) is 68.6 Å². The van der Waals surface area contributed by atoms with E-state index in [2.05, 4.69) is 20.3 Å². The first kappa shape index (κ1) is 25.5. The molecule has 0 bridgehead atoms. The first-order chi connectivity index (χ1) is 18.1. The van der Waals surface area contributed by atoms with Crippen LogP contribution in [0.3, 0.4) is 0 Å². The number of nitrogens with zero attached hydrogens (tertiary/aromatic N) is 6. The molecule has 0 spiro atoms. The minimum Gasteiger partial charge on any atom is -0.368 e. The van der Waals surface area contributed by atoms with E-state index in [-0.39, 0.29) is 11.4 Å². The molecule has 5 rings (SSSR count). The molecule has 1 aliphatic heterocycles. The van der Waals surface area contributed by atoms with Gasteiger partial charge < -0.3 is 10.2 Å². The highest BCUT2D eigenvalue weighted by atomic mass is 19.4. The second-order valence-corrected chi connectivity index (χ2v) is 9.16. The number of nitrogens with one attached hydrogen (secondary N) is 1. The molecule has 3 aromatic heterocycles. The molecule has 0 unspecified atom stereocenters. The van der Waals surface area contributed by atoms with Crippen molar-refractivity contribution in [3.8, 4) is 11.3 Å². The number of alkyl halides is 3. The van der Waals surface area contributed by atoms with E-state index in [1.807, 2.05) is 0 Å². The van der Waals surface area contributed by atoms with Crippen molar-refractivity contribution >= 4 is 34.0 Å². The van der Waals surface area contributed by atoms with E-state index in [0.717, 1.165) is 6.07 Å². The summed E-state index contributed by atoms with van der Waals surface area (Å²) in [6.07, 6.45) is 0.272. The van der Waals surface area contributed by atoms with Crippen LogP contribution in [-0.4, -0.2) is 52.0 Å². The lowest BCUT2D eigenvalue weighted by Crippen LogP contribution is -2.44. The van der Waals surface area contributed by atoms with Crippen LogP contribution in [0, 0.1) is 13.8 Å². The maximum absolute atomic E-state index is 14.3. The van der Waals surface area contributed by atoms with Gasteiger partial charge in [0.25, 0.3) is 0 Å². The topological polar surface area (TPSA) is 87.1 Å². The number of aryl methyl sites for hydroxylation is 2. The van der Waals surface area contributed by atoms with Gasteiger partial charge in [-0.25, -0.2) is 15.0 Å². The summed E-state index contributed by atoms with van der Waals surface area (Å²) in [5.41, 5.74) is 2.49. The summed E-state index contributed by atoms with van der Waals surface area (Å²) in [6.45, 7) is 6.96. The number of fused-ring (bicyclic) bond motifs is 1. The molecule has 1 N–H and O–H groups in total. The Labute approximate surface area is 217 Å². The highest BCUT2D eigenvalue weighted by molar-refractivity contribution is 6.07. The molecule has 4 heterocycles. The van der Waals surface area contributed by atoms with Crippen LogP contribution in [0.1, 0.15) is 23.9 Å². The number of carbonyl (C=O) groups excluding carboxylic acids is 1. The Morgan fingerprint density at radius 3 is 2.37 bits per heavy atom. The fourth-order valence-corrected chi connectivity index (χ4v) is 4.65. The Morgan fingerprint density at radius 1 is 1.00 bits per heavy atom. The van der Waals surface area contributed by atoms with E-state index in [1.165, 1.54) is 17.9 Å². The number of halogens is 3. The summed E-state index contributed by atoms with van der Waals surface area (Å²) < 4.78 is 42.8. The van der Waals surface area contributed by atoms with E-state index in [9.17, 15) is 18.0 Å². The van der Waals surface area contributed by atoms with Gasteiger partial charge in [-0.2, -0.15) is 13.2 Å². The quantitative estimate of drug-likeness (QED) is 0.412. The molecule has 0 atom stereocenters. The smallest absolute Gasteiger partial charge is 0.368 e. The standard InChI is InChI=1S/C27H26F3N7O/c1-16-13-34-23-6-5-22(19-14-32-17(2)33-15-19)35-25(23)26(16)37(18(3)38)20-4-7-24(21(12-20)27(28,29)30)36-10-8-31-9-11-36/h4-7,12-15,31H,8-11H2,1-3H3. The normalized spacial score (nSPS) is 14.1. The highest BCUT2D eigenvalue weighted by Gasteiger charge is 2.36. The van der Waals surface area contributed by atoms with Gasteiger partial charge in [0.15, 0.2) is 0 Å². The number of hydrogen-bond donors (Lipinski definition) is 1. The third kappa shape index (κ3) is 4.89. The summed E-state index contributed by atoms with van der Waals surface area (Å²) in [7, 11) is 0. The van der Waals surface area contributed by atoms with Crippen molar-refractivity contribution in [2.24, 2.45) is 0 Å². The van der Waals surface area contributed by atoms with Crippen LogP contribution < -0.4 is 15.1 Å². The van der Waals surface area contributed by atoms with E-state index >= 15 is 0 Å². The molecule has 196 valence electrons. The zero-order valence-corrected chi connectivity index (χ0v) is 21.2. The average molecular weight is 522 g/mol. The van der Waals surface area contributed by atoms with Crippen molar-refractivity contribution in [3.63, 3.8) is 0 Å². The van der Waals surface area contributed by atoms with Gasteiger partial charge >= 0.3 is 6.18 Å². The van der Waals surface area contributed by atoms with Crippen molar-refractivity contribution in [1.82, 2.24) is 25.3 Å². The van der Waals surface area contributed by atoms with Crippen LogP contribution in [0.15, 0.2) is 48.9 Å².